The van der Waals surface area contributed by atoms with Gasteiger partial charge in [0.05, 0.1) is 17.4 Å². The van der Waals surface area contributed by atoms with Crippen molar-refractivity contribution in [3.05, 3.63) is 72.6 Å². The molecule has 0 unspecified atom stereocenters. The third kappa shape index (κ3) is 4.58. The number of nitrogens with one attached hydrogen (secondary N) is 1. The molecule has 1 aliphatic rings. The summed E-state index contributed by atoms with van der Waals surface area (Å²) in [6.45, 7) is 2.47. The number of amides is 1. The molecule has 6 heteroatoms. The van der Waals surface area contributed by atoms with E-state index in [1.165, 1.54) is 0 Å². The summed E-state index contributed by atoms with van der Waals surface area (Å²) in [4.78, 5) is 12.8. The third-order valence-corrected chi connectivity index (χ3v) is 4.78. The molecule has 0 atom stereocenters. The highest BCUT2D eigenvalue weighted by Gasteiger charge is 2.16. The van der Waals surface area contributed by atoms with Crippen molar-refractivity contribution in [3.63, 3.8) is 0 Å². The molecule has 4 rings (SSSR count). The predicted octanol–water partition coefficient (Wildman–Crippen LogP) is 4.35. The number of hydrogen-bond donors (Lipinski definition) is 1. The number of rotatable bonds is 6. The molecule has 0 spiro atoms. The van der Waals surface area contributed by atoms with Crippen molar-refractivity contribution in [1.82, 2.24) is 9.78 Å². The molecule has 1 N–H and O–H groups in total. The van der Waals surface area contributed by atoms with E-state index in [1.54, 1.807) is 18.3 Å². The number of nitrogens with zero attached hydrogens (tertiary/aromatic N) is 2. The Labute approximate surface area is 164 Å². The van der Waals surface area contributed by atoms with Crippen LogP contribution >= 0.6 is 0 Å². The molecule has 2 heterocycles. The molecule has 0 bridgehead atoms. The summed E-state index contributed by atoms with van der Waals surface area (Å²) in [7, 11) is 0. The number of carbonyl (C=O) groups excluding carboxylic acids is 1. The highest BCUT2D eigenvalue weighted by Crippen LogP contribution is 2.26. The molecule has 0 radical (unpaired) electrons. The molecular weight excluding hydrogens is 354 g/mol. The van der Waals surface area contributed by atoms with Crippen molar-refractivity contribution >= 4 is 11.6 Å². The quantitative estimate of drug-likeness (QED) is 0.693. The number of hydrogen-bond acceptors (Lipinski definition) is 4. The van der Waals surface area contributed by atoms with E-state index in [1.807, 2.05) is 53.3 Å². The van der Waals surface area contributed by atoms with Crippen LogP contribution in [0, 0.1) is 5.92 Å². The van der Waals surface area contributed by atoms with Crippen LogP contribution in [0.5, 0.6) is 11.5 Å². The second-order valence-corrected chi connectivity index (χ2v) is 6.87. The summed E-state index contributed by atoms with van der Waals surface area (Å²) in [5, 5.41) is 7.29. The molecule has 28 heavy (non-hydrogen) atoms. The summed E-state index contributed by atoms with van der Waals surface area (Å²) >= 11 is 0. The van der Waals surface area contributed by atoms with E-state index in [0.29, 0.717) is 28.7 Å². The third-order valence-electron chi connectivity index (χ3n) is 4.78. The predicted molar refractivity (Wildman–Crippen MR) is 107 cm³/mol. The first kappa shape index (κ1) is 18.3. The average Bonchev–Trinajstić information content (AvgIpc) is 3.16. The standard InChI is InChI=1S/C22H23N3O3/c26-22(20-8-4-5-9-21(20)28-19-6-2-1-3-7-19)24-18-14-23-25(16-18)15-17-10-12-27-13-11-17/h1-9,14,16-17H,10-13,15H2,(H,24,26). The minimum Gasteiger partial charge on any atom is -0.457 e. The fraction of sp³-hybridized carbons (Fsp3) is 0.273. The van der Waals surface area contributed by atoms with Gasteiger partial charge in [0.15, 0.2) is 0 Å². The summed E-state index contributed by atoms with van der Waals surface area (Å²) < 4.78 is 13.2. The molecule has 1 fully saturated rings. The number of anilines is 1. The van der Waals surface area contributed by atoms with E-state index in [2.05, 4.69) is 10.4 Å². The van der Waals surface area contributed by atoms with Crippen LogP contribution in [0.4, 0.5) is 5.69 Å². The average molecular weight is 377 g/mol. The molecular formula is C22H23N3O3. The zero-order valence-electron chi connectivity index (χ0n) is 15.6. The van der Waals surface area contributed by atoms with Crippen molar-refractivity contribution in [1.29, 1.82) is 0 Å². The Morgan fingerprint density at radius 2 is 1.86 bits per heavy atom. The van der Waals surface area contributed by atoms with Gasteiger partial charge in [0.2, 0.25) is 0 Å². The van der Waals surface area contributed by atoms with Gasteiger partial charge in [0.25, 0.3) is 5.91 Å². The molecule has 3 aromatic rings. The largest absolute Gasteiger partial charge is 0.457 e. The molecule has 6 nitrogen and oxygen atoms in total. The number of carbonyl (C=O) groups is 1. The Bertz CT molecular complexity index is 918. The lowest BCUT2D eigenvalue weighted by atomic mass is 10.0. The van der Waals surface area contributed by atoms with Gasteiger partial charge in [-0.25, -0.2) is 0 Å². The van der Waals surface area contributed by atoms with Crippen LogP contribution in [0.25, 0.3) is 0 Å². The highest BCUT2D eigenvalue weighted by atomic mass is 16.5. The number of ether oxygens (including phenoxy) is 2. The fourth-order valence-electron chi connectivity index (χ4n) is 3.28. The van der Waals surface area contributed by atoms with E-state index in [4.69, 9.17) is 9.47 Å². The monoisotopic (exact) mass is 377 g/mol. The molecule has 1 amide bonds. The molecule has 1 saturated heterocycles. The number of benzene rings is 2. The Hall–Kier alpha value is -3.12. The second-order valence-electron chi connectivity index (χ2n) is 6.87. The van der Waals surface area contributed by atoms with Gasteiger partial charge in [0, 0.05) is 26.0 Å². The van der Waals surface area contributed by atoms with Gasteiger partial charge in [-0.3, -0.25) is 9.48 Å². The van der Waals surface area contributed by atoms with Gasteiger partial charge in [-0.05, 0) is 43.0 Å². The first-order valence-corrected chi connectivity index (χ1v) is 9.51. The summed E-state index contributed by atoms with van der Waals surface area (Å²) in [6.07, 6.45) is 5.64. The fourth-order valence-corrected chi connectivity index (χ4v) is 3.28. The lowest BCUT2D eigenvalue weighted by molar-refractivity contribution is 0.0601. The van der Waals surface area contributed by atoms with Gasteiger partial charge >= 0.3 is 0 Å². The Morgan fingerprint density at radius 1 is 1.11 bits per heavy atom. The van der Waals surface area contributed by atoms with Crippen LogP contribution in [0.3, 0.4) is 0 Å². The maximum Gasteiger partial charge on any atom is 0.259 e. The minimum atomic E-state index is -0.225. The molecule has 0 saturated carbocycles. The number of para-hydroxylation sites is 2. The summed E-state index contributed by atoms with van der Waals surface area (Å²) in [6, 6.07) is 16.6. The van der Waals surface area contributed by atoms with Gasteiger partial charge in [-0.2, -0.15) is 5.10 Å². The van der Waals surface area contributed by atoms with Crippen molar-refractivity contribution < 1.29 is 14.3 Å². The first-order valence-electron chi connectivity index (χ1n) is 9.51. The summed E-state index contributed by atoms with van der Waals surface area (Å²) in [5.41, 5.74) is 1.15. The maximum atomic E-state index is 12.8. The topological polar surface area (TPSA) is 65.4 Å². The first-order chi connectivity index (χ1) is 13.8. The lowest BCUT2D eigenvalue weighted by Crippen LogP contribution is -2.20. The normalized spacial score (nSPS) is 14.6. The second kappa shape index (κ2) is 8.71. The van der Waals surface area contributed by atoms with Gasteiger partial charge < -0.3 is 14.8 Å². The Kier molecular flexibility index (Phi) is 5.68. The van der Waals surface area contributed by atoms with Crippen molar-refractivity contribution in [2.24, 2.45) is 5.92 Å². The van der Waals surface area contributed by atoms with Crippen LogP contribution in [-0.4, -0.2) is 28.9 Å². The molecule has 0 aliphatic carbocycles. The van der Waals surface area contributed by atoms with Crippen LogP contribution in [0.15, 0.2) is 67.0 Å². The van der Waals surface area contributed by atoms with E-state index in [0.717, 1.165) is 32.6 Å². The van der Waals surface area contributed by atoms with Gasteiger partial charge in [0.1, 0.15) is 11.5 Å². The maximum absolute atomic E-state index is 12.8. The van der Waals surface area contributed by atoms with E-state index >= 15 is 0 Å². The molecule has 2 aromatic carbocycles. The van der Waals surface area contributed by atoms with Crippen molar-refractivity contribution in [2.45, 2.75) is 19.4 Å². The molecule has 144 valence electrons. The van der Waals surface area contributed by atoms with E-state index < -0.39 is 0 Å². The van der Waals surface area contributed by atoms with Crippen molar-refractivity contribution in [2.75, 3.05) is 18.5 Å². The van der Waals surface area contributed by atoms with Crippen LogP contribution < -0.4 is 10.1 Å². The van der Waals surface area contributed by atoms with Crippen LogP contribution in [-0.2, 0) is 11.3 Å². The molecule has 1 aliphatic heterocycles. The SMILES string of the molecule is O=C(Nc1cnn(CC2CCOCC2)c1)c1ccccc1Oc1ccccc1. The summed E-state index contributed by atoms with van der Waals surface area (Å²) in [5.74, 6) is 1.54. The van der Waals surface area contributed by atoms with Crippen molar-refractivity contribution in [3.8, 4) is 11.5 Å². The highest BCUT2D eigenvalue weighted by molar-refractivity contribution is 6.06. The Morgan fingerprint density at radius 3 is 2.68 bits per heavy atom. The van der Waals surface area contributed by atoms with E-state index in [9.17, 15) is 4.79 Å². The zero-order chi connectivity index (χ0) is 19.2. The lowest BCUT2D eigenvalue weighted by Gasteiger charge is -2.21. The van der Waals surface area contributed by atoms with E-state index in [-0.39, 0.29) is 5.91 Å². The molecule has 1 aromatic heterocycles. The number of aromatic nitrogens is 2. The zero-order valence-corrected chi connectivity index (χ0v) is 15.6. The Balaban J connectivity index is 1.43. The smallest absolute Gasteiger partial charge is 0.259 e. The van der Waals surface area contributed by atoms with Gasteiger partial charge in [-0.1, -0.05) is 30.3 Å². The van der Waals surface area contributed by atoms with Crippen LogP contribution in [0.2, 0.25) is 0 Å². The minimum absolute atomic E-state index is 0.225. The van der Waals surface area contributed by atoms with Gasteiger partial charge in [-0.15, -0.1) is 0 Å². The van der Waals surface area contributed by atoms with Crippen LogP contribution in [0.1, 0.15) is 23.2 Å².